The number of hydrogen-bond donors (Lipinski definition) is 3. The van der Waals surface area contributed by atoms with Crippen LogP contribution >= 0.6 is 38.5 Å². The predicted molar refractivity (Wildman–Crippen MR) is 179 cm³/mol. The molecule has 3 aromatic carbocycles. The van der Waals surface area contributed by atoms with Crippen LogP contribution in [0.2, 0.25) is 0 Å². The largest absolute Gasteiger partial charge is 0.495 e. The number of ether oxygens (including phenoxy) is 2. The zero-order chi connectivity index (χ0) is 32.0. The third-order valence-corrected chi connectivity index (χ3v) is 9.69. The Morgan fingerprint density at radius 2 is 1.86 bits per heavy atom. The maximum absolute atomic E-state index is 16.4. The van der Waals surface area contributed by atoms with Gasteiger partial charge in [-0.05, 0) is 58.9 Å². The van der Waals surface area contributed by atoms with Crippen molar-refractivity contribution >= 4 is 67.7 Å². The highest BCUT2D eigenvalue weighted by Crippen LogP contribution is 2.57. The highest BCUT2D eigenvalue weighted by Gasteiger charge is 2.66. The van der Waals surface area contributed by atoms with Crippen LogP contribution in [0.1, 0.15) is 60.2 Å². The molecule has 3 N–H and O–H groups in total. The Bertz CT molecular complexity index is 1640. The molecule has 11 heteroatoms. The molecule has 4 atom stereocenters. The van der Waals surface area contributed by atoms with Crippen LogP contribution in [0.15, 0.2) is 59.1 Å². The Labute approximate surface area is 278 Å². The molecule has 1 fully saturated rings. The number of carbonyl (C=O) groups is 3. The number of rotatable bonds is 7. The van der Waals surface area contributed by atoms with Gasteiger partial charge >= 0.3 is 5.97 Å². The van der Waals surface area contributed by atoms with Crippen molar-refractivity contribution in [1.29, 1.82) is 0 Å². The third kappa shape index (κ3) is 5.62. The van der Waals surface area contributed by atoms with Crippen molar-refractivity contribution in [2.24, 2.45) is 5.41 Å². The number of nitrogens with one attached hydrogen (secondary N) is 3. The highest BCUT2D eigenvalue weighted by atomic mass is 127. The molecule has 0 aliphatic carbocycles. The first kappa shape index (κ1) is 32.4. The Morgan fingerprint density at radius 3 is 2.52 bits per heavy atom. The van der Waals surface area contributed by atoms with Crippen molar-refractivity contribution in [2.75, 3.05) is 24.9 Å². The van der Waals surface area contributed by atoms with Gasteiger partial charge in [0.25, 0.3) is 0 Å². The molecule has 2 amide bonds. The zero-order valence-electron chi connectivity index (χ0n) is 25.0. The van der Waals surface area contributed by atoms with Crippen LogP contribution in [0.5, 0.6) is 5.75 Å². The zero-order valence-corrected chi connectivity index (χ0v) is 28.8. The average molecular weight is 778 g/mol. The molecule has 5 rings (SSSR count). The molecule has 0 bridgehead atoms. The normalized spacial score (nSPS) is 22.5. The molecule has 2 aliphatic rings. The highest BCUT2D eigenvalue weighted by molar-refractivity contribution is 14.1. The third-order valence-electron chi connectivity index (χ3n) is 8.37. The Kier molecular flexibility index (Phi) is 9.12. The van der Waals surface area contributed by atoms with Crippen LogP contribution in [-0.4, -0.2) is 44.1 Å². The molecule has 8 nitrogen and oxygen atoms in total. The lowest BCUT2D eigenvalue weighted by molar-refractivity contribution is -0.122. The van der Waals surface area contributed by atoms with Crippen LogP contribution in [0, 0.1) is 11.2 Å². The molecule has 0 radical (unpaired) electrons. The molecule has 0 aromatic heterocycles. The van der Waals surface area contributed by atoms with Gasteiger partial charge in [-0.2, -0.15) is 0 Å². The van der Waals surface area contributed by atoms with Gasteiger partial charge in [-0.1, -0.05) is 83.6 Å². The molecule has 1 spiro atoms. The molecular weight excluding hydrogens is 744 g/mol. The van der Waals surface area contributed by atoms with Crippen molar-refractivity contribution in [3.63, 3.8) is 0 Å². The number of alkyl halides is 1. The second-order valence-corrected chi connectivity index (χ2v) is 14.0. The van der Waals surface area contributed by atoms with E-state index in [1.807, 2.05) is 18.2 Å². The average Bonchev–Trinajstić information content (AvgIpc) is 3.45. The number of halogens is 3. The van der Waals surface area contributed by atoms with Gasteiger partial charge < -0.3 is 25.4 Å². The van der Waals surface area contributed by atoms with Gasteiger partial charge in [0.15, 0.2) is 0 Å². The van der Waals surface area contributed by atoms with E-state index in [1.165, 1.54) is 26.4 Å². The van der Waals surface area contributed by atoms with Gasteiger partial charge in [0, 0.05) is 26.5 Å². The molecule has 44 heavy (non-hydrogen) atoms. The summed E-state index contributed by atoms with van der Waals surface area (Å²) in [5.41, 5.74) is 1.16. The van der Waals surface area contributed by atoms with Gasteiger partial charge in [0.1, 0.15) is 17.0 Å². The van der Waals surface area contributed by atoms with E-state index in [0.717, 1.165) is 4.47 Å². The predicted octanol–water partition coefficient (Wildman–Crippen LogP) is 6.71. The number of esters is 1. The fourth-order valence-electron chi connectivity index (χ4n) is 6.58. The summed E-state index contributed by atoms with van der Waals surface area (Å²) in [6, 6.07) is 13.8. The minimum absolute atomic E-state index is 0.242. The van der Waals surface area contributed by atoms with E-state index in [-0.39, 0.29) is 22.6 Å². The number of amides is 2. The topological polar surface area (TPSA) is 106 Å². The first-order valence-electron chi connectivity index (χ1n) is 14.1. The van der Waals surface area contributed by atoms with Crippen LogP contribution in [-0.2, 0) is 24.2 Å². The Balaban J connectivity index is 1.70. The quantitative estimate of drug-likeness (QED) is 0.140. The summed E-state index contributed by atoms with van der Waals surface area (Å²) in [7, 11) is 2.71. The van der Waals surface area contributed by atoms with E-state index >= 15 is 4.39 Å². The van der Waals surface area contributed by atoms with E-state index in [4.69, 9.17) is 9.47 Å². The monoisotopic (exact) mass is 777 g/mol. The van der Waals surface area contributed by atoms with Crippen molar-refractivity contribution in [1.82, 2.24) is 5.32 Å². The first-order chi connectivity index (χ1) is 20.8. The Morgan fingerprint density at radius 1 is 1.11 bits per heavy atom. The van der Waals surface area contributed by atoms with E-state index < -0.39 is 41.1 Å². The number of methoxy groups -OCH3 is 2. The second-order valence-electron chi connectivity index (χ2n) is 12.3. The summed E-state index contributed by atoms with van der Waals surface area (Å²) >= 11 is 5.62. The van der Waals surface area contributed by atoms with Crippen LogP contribution in [0.3, 0.4) is 0 Å². The molecule has 2 heterocycles. The maximum Gasteiger partial charge on any atom is 0.337 e. The minimum Gasteiger partial charge on any atom is -0.495 e. The number of fused-ring (bicyclic) bond motifs is 2. The first-order valence-corrected chi connectivity index (χ1v) is 16.5. The molecule has 1 saturated heterocycles. The lowest BCUT2D eigenvalue weighted by Crippen LogP contribution is -2.49. The van der Waals surface area contributed by atoms with E-state index in [1.54, 1.807) is 24.3 Å². The smallest absolute Gasteiger partial charge is 0.337 e. The van der Waals surface area contributed by atoms with Crippen molar-refractivity contribution in [3.05, 3.63) is 87.1 Å². The molecule has 3 aromatic rings. The van der Waals surface area contributed by atoms with Gasteiger partial charge in [0.2, 0.25) is 11.8 Å². The van der Waals surface area contributed by atoms with Gasteiger partial charge in [-0.3, -0.25) is 9.59 Å². The molecular formula is C33H34BrFIN3O5. The van der Waals surface area contributed by atoms with E-state index in [9.17, 15) is 14.4 Å². The standard InChI is InChI=1S/C33H34BrFIN3O5/c1-32(2,3)15-25-33(21-11-10-19(34)14-23(21)38-31(33)42)26(20-8-6-7-18(16-36)27(20)35)28(39-25)29(40)37-22-12-9-17(30(41)44-5)13-24(22)43-4/h6-14,25-26,28,39H,15-16H2,1-5H3,(H,37,40)(H,38,42)/t25-,26-,28+,33+/m0/s1. The maximum atomic E-state index is 16.4. The molecule has 2 aliphatic heterocycles. The summed E-state index contributed by atoms with van der Waals surface area (Å²) in [4.78, 5) is 40.8. The minimum atomic E-state index is -1.30. The summed E-state index contributed by atoms with van der Waals surface area (Å²) in [5, 5.41) is 9.49. The van der Waals surface area contributed by atoms with Crippen LogP contribution in [0.4, 0.5) is 15.8 Å². The lowest BCUT2D eigenvalue weighted by atomic mass is 9.62. The van der Waals surface area contributed by atoms with E-state index in [2.05, 4.69) is 75.2 Å². The second kappa shape index (κ2) is 12.4. The SMILES string of the molecule is COC(=O)c1ccc(NC(=O)[C@@H]2N[C@@H](CC(C)(C)C)[C@@]3(C(=O)Nc4cc(Br)ccc43)[C@H]2c2cccc(CI)c2F)c(OC)c1. The van der Waals surface area contributed by atoms with Crippen molar-refractivity contribution in [2.45, 2.75) is 55.0 Å². The number of hydrogen-bond acceptors (Lipinski definition) is 6. The number of anilines is 2. The molecule has 0 unspecified atom stereocenters. The van der Waals surface area contributed by atoms with Gasteiger partial charge in [0.05, 0.1) is 31.5 Å². The fraction of sp³-hybridized carbons (Fsp3) is 0.364. The summed E-state index contributed by atoms with van der Waals surface area (Å²) in [5.74, 6) is -2.38. The van der Waals surface area contributed by atoms with Crippen LogP contribution in [0.25, 0.3) is 0 Å². The van der Waals surface area contributed by atoms with Gasteiger partial charge in [-0.25, -0.2) is 9.18 Å². The molecule has 0 saturated carbocycles. The number of carbonyl (C=O) groups excluding carboxylic acids is 3. The van der Waals surface area contributed by atoms with Gasteiger partial charge in [-0.15, -0.1) is 0 Å². The Hall–Kier alpha value is -3.03. The molecule has 232 valence electrons. The lowest BCUT2D eigenvalue weighted by Gasteiger charge is -2.37. The fourth-order valence-corrected chi connectivity index (χ4v) is 7.53. The summed E-state index contributed by atoms with van der Waals surface area (Å²) in [6.45, 7) is 6.22. The summed E-state index contributed by atoms with van der Waals surface area (Å²) < 4.78 is 27.9. The number of benzene rings is 3. The summed E-state index contributed by atoms with van der Waals surface area (Å²) in [6.07, 6.45) is 0.529. The van der Waals surface area contributed by atoms with Crippen molar-refractivity contribution in [3.8, 4) is 5.75 Å². The van der Waals surface area contributed by atoms with Crippen LogP contribution < -0.4 is 20.7 Å². The van der Waals surface area contributed by atoms with E-state index in [0.29, 0.717) is 38.9 Å². The van der Waals surface area contributed by atoms with Crippen molar-refractivity contribution < 1.29 is 28.2 Å².